The van der Waals surface area contributed by atoms with Gasteiger partial charge in [-0.15, -0.1) is 0 Å². The summed E-state index contributed by atoms with van der Waals surface area (Å²) in [5.74, 6) is 0.277. The average molecular weight is 444 g/mol. The molecule has 0 fully saturated rings. The number of ether oxygens (including phenoxy) is 1. The molecule has 0 atom stereocenters. The van der Waals surface area contributed by atoms with E-state index in [1.54, 1.807) is 0 Å². The van der Waals surface area contributed by atoms with Crippen molar-refractivity contribution >= 4 is 29.1 Å². The lowest BCUT2D eigenvalue weighted by molar-refractivity contribution is -0.136. The van der Waals surface area contributed by atoms with Crippen LogP contribution in [-0.4, -0.2) is 29.9 Å². The minimum Gasteiger partial charge on any atom is -0.494 e. The number of carbonyl (C=O) groups is 2. The lowest BCUT2D eigenvalue weighted by Crippen LogP contribution is -2.33. The van der Waals surface area contributed by atoms with E-state index in [0.717, 1.165) is 28.2 Å². The van der Waals surface area contributed by atoms with E-state index in [0.29, 0.717) is 30.1 Å². The molecule has 1 heterocycles. The number of amides is 2. The normalized spacial score (nSPS) is 13.7. The van der Waals surface area contributed by atoms with E-state index in [1.807, 2.05) is 84.9 Å². The quantitative estimate of drug-likeness (QED) is 0.405. The molecule has 0 radical (unpaired) electrons. The van der Waals surface area contributed by atoms with Gasteiger partial charge in [-0.05, 0) is 48.2 Å². The van der Waals surface area contributed by atoms with E-state index in [2.05, 4.69) is 6.92 Å². The first kappa shape index (κ1) is 21.9. The van der Waals surface area contributed by atoms with Crippen LogP contribution in [0.5, 0.6) is 5.75 Å². The van der Waals surface area contributed by atoms with Crippen LogP contribution in [0.1, 0.15) is 24.5 Å². The minimum absolute atomic E-state index is 0.235. The number of rotatable bonds is 9. The Morgan fingerprint density at radius 1 is 0.812 bits per heavy atom. The number of hydrogen-bond donors (Lipinski definition) is 0. The van der Waals surface area contributed by atoms with Gasteiger partial charge in [0, 0.05) is 11.4 Å². The molecule has 32 heavy (non-hydrogen) atoms. The minimum atomic E-state index is -0.244. The summed E-state index contributed by atoms with van der Waals surface area (Å²) in [5.41, 5.74) is 2.28. The van der Waals surface area contributed by atoms with Gasteiger partial charge in [-0.3, -0.25) is 14.5 Å². The second kappa shape index (κ2) is 10.3. The Balaban J connectivity index is 1.63. The van der Waals surface area contributed by atoms with E-state index in [1.165, 1.54) is 16.7 Å². The molecule has 0 aromatic heterocycles. The third-order valence-electron chi connectivity index (χ3n) is 5.17. The van der Waals surface area contributed by atoms with Gasteiger partial charge >= 0.3 is 0 Å². The van der Waals surface area contributed by atoms with Crippen molar-refractivity contribution < 1.29 is 14.3 Å². The summed E-state index contributed by atoms with van der Waals surface area (Å²) < 4.78 is 5.67. The van der Waals surface area contributed by atoms with Gasteiger partial charge in [0.15, 0.2) is 0 Å². The van der Waals surface area contributed by atoms with Gasteiger partial charge in [-0.1, -0.05) is 79.3 Å². The average Bonchev–Trinajstić information content (AvgIpc) is 3.07. The molecule has 0 unspecified atom stereocenters. The van der Waals surface area contributed by atoms with Crippen molar-refractivity contribution in [1.29, 1.82) is 0 Å². The summed E-state index contributed by atoms with van der Waals surface area (Å²) in [7, 11) is 0. The van der Waals surface area contributed by atoms with Gasteiger partial charge in [-0.25, -0.2) is 0 Å². The highest BCUT2D eigenvalue weighted by molar-refractivity contribution is 8.04. The van der Waals surface area contributed by atoms with Crippen LogP contribution < -0.4 is 4.74 Å². The van der Waals surface area contributed by atoms with Gasteiger partial charge in [0.1, 0.15) is 5.75 Å². The first-order valence-electron chi connectivity index (χ1n) is 10.8. The van der Waals surface area contributed by atoms with Crippen LogP contribution in [-0.2, 0) is 16.0 Å². The molecular weight excluding hydrogens is 418 g/mol. The first-order valence-corrected chi connectivity index (χ1v) is 11.6. The largest absolute Gasteiger partial charge is 0.494 e. The Morgan fingerprint density at radius 3 is 2.12 bits per heavy atom. The van der Waals surface area contributed by atoms with Gasteiger partial charge in [0.05, 0.1) is 17.1 Å². The molecule has 0 saturated carbocycles. The topological polar surface area (TPSA) is 46.6 Å². The molecule has 2 amide bonds. The Labute approximate surface area is 192 Å². The standard InChI is InChI=1S/C27H25NO3S/c1-2-19-31-22-15-13-21(14-16-22)24-25(32-23-11-7-4-8-12-23)27(30)28(26(24)29)18-17-20-9-5-3-6-10-20/h3-16H,2,17-19H2,1H3. The molecule has 0 spiro atoms. The molecule has 162 valence electrons. The molecular formula is C27H25NO3S. The van der Waals surface area contributed by atoms with Crippen LogP contribution >= 0.6 is 11.8 Å². The Kier molecular flexibility index (Phi) is 7.07. The second-order valence-electron chi connectivity index (χ2n) is 7.49. The van der Waals surface area contributed by atoms with Crippen LogP contribution in [0.2, 0.25) is 0 Å². The molecule has 1 aliphatic heterocycles. The van der Waals surface area contributed by atoms with Crippen molar-refractivity contribution in [1.82, 2.24) is 4.90 Å². The molecule has 4 rings (SSSR count). The third-order valence-corrected chi connectivity index (χ3v) is 6.26. The fraction of sp³-hybridized carbons (Fsp3) is 0.185. The van der Waals surface area contributed by atoms with Crippen molar-refractivity contribution in [3.63, 3.8) is 0 Å². The van der Waals surface area contributed by atoms with Crippen LogP contribution in [0.15, 0.2) is 94.7 Å². The number of thioether (sulfide) groups is 1. The van der Waals surface area contributed by atoms with Crippen molar-refractivity contribution in [3.05, 3.63) is 101 Å². The maximum absolute atomic E-state index is 13.4. The van der Waals surface area contributed by atoms with Gasteiger partial charge in [-0.2, -0.15) is 0 Å². The van der Waals surface area contributed by atoms with Crippen LogP contribution in [0.3, 0.4) is 0 Å². The first-order chi connectivity index (χ1) is 15.7. The van der Waals surface area contributed by atoms with Crippen molar-refractivity contribution in [2.45, 2.75) is 24.7 Å². The monoisotopic (exact) mass is 443 g/mol. The van der Waals surface area contributed by atoms with E-state index in [4.69, 9.17) is 4.74 Å². The Hall–Kier alpha value is -3.31. The molecule has 4 nitrogen and oxygen atoms in total. The van der Waals surface area contributed by atoms with Crippen molar-refractivity contribution in [2.24, 2.45) is 0 Å². The molecule has 0 saturated heterocycles. The SMILES string of the molecule is CCCOc1ccc(C2=C(Sc3ccccc3)C(=O)N(CCc3ccccc3)C2=O)cc1. The van der Waals surface area contributed by atoms with Crippen molar-refractivity contribution in [2.75, 3.05) is 13.2 Å². The summed E-state index contributed by atoms with van der Waals surface area (Å²) >= 11 is 1.35. The summed E-state index contributed by atoms with van der Waals surface area (Å²) in [5, 5.41) is 0. The molecule has 3 aromatic rings. The van der Waals surface area contributed by atoms with Gasteiger partial charge < -0.3 is 4.74 Å². The molecule has 0 N–H and O–H groups in total. The summed E-state index contributed by atoms with van der Waals surface area (Å²) in [6.07, 6.45) is 1.55. The molecule has 0 bridgehead atoms. The number of hydrogen-bond acceptors (Lipinski definition) is 4. The number of benzene rings is 3. The number of carbonyl (C=O) groups excluding carboxylic acids is 2. The van der Waals surface area contributed by atoms with Gasteiger partial charge in [0.2, 0.25) is 0 Å². The summed E-state index contributed by atoms with van der Waals surface area (Å²) in [4.78, 5) is 29.5. The fourth-order valence-corrected chi connectivity index (χ4v) is 4.57. The highest BCUT2D eigenvalue weighted by Gasteiger charge is 2.39. The Bertz CT molecular complexity index is 1110. The smallest absolute Gasteiger partial charge is 0.268 e. The van der Waals surface area contributed by atoms with Crippen LogP contribution in [0.25, 0.3) is 5.57 Å². The maximum Gasteiger partial charge on any atom is 0.268 e. The maximum atomic E-state index is 13.4. The summed E-state index contributed by atoms with van der Waals surface area (Å²) in [6.45, 7) is 3.04. The van der Waals surface area contributed by atoms with Gasteiger partial charge in [0.25, 0.3) is 11.8 Å². The Morgan fingerprint density at radius 2 is 1.47 bits per heavy atom. The fourth-order valence-electron chi connectivity index (χ4n) is 3.54. The lowest BCUT2D eigenvalue weighted by atomic mass is 10.1. The molecule has 1 aliphatic rings. The summed E-state index contributed by atoms with van der Waals surface area (Å²) in [6, 6.07) is 27.0. The zero-order chi connectivity index (χ0) is 22.3. The zero-order valence-corrected chi connectivity index (χ0v) is 18.8. The highest BCUT2D eigenvalue weighted by Crippen LogP contribution is 2.40. The van der Waals surface area contributed by atoms with E-state index in [-0.39, 0.29) is 11.8 Å². The van der Waals surface area contributed by atoms with E-state index >= 15 is 0 Å². The predicted octanol–water partition coefficient (Wildman–Crippen LogP) is 5.59. The number of nitrogens with zero attached hydrogens (tertiary/aromatic N) is 1. The van der Waals surface area contributed by atoms with E-state index in [9.17, 15) is 9.59 Å². The number of imide groups is 1. The molecule has 5 heteroatoms. The lowest BCUT2D eigenvalue weighted by Gasteiger charge is -2.15. The van der Waals surface area contributed by atoms with E-state index < -0.39 is 0 Å². The highest BCUT2D eigenvalue weighted by atomic mass is 32.2. The van der Waals surface area contributed by atoms with Crippen LogP contribution in [0.4, 0.5) is 0 Å². The third kappa shape index (κ3) is 4.94. The predicted molar refractivity (Wildman–Crippen MR) is 128 cm³/mol. The van der Waals surface area contributed by atoms with Crippen LogP contribution in [0, 0.1) is 0 Å². The molecule has 3 aromatic carbocycles. The second-order valence-corrected chi connectivity index (χ2v) is 8.57. The van der Waals surface area contributed by atoms with Crippen molar-refractivity contribution in [3.8, 4) is 5.75 Å². The molecule has 0 aliphatic carbocycles. The zero-order valence-electron chi connectivity index (χ0n) is 18.0.